The van der Waals surface area contributed by atoms with Crippen LogP contribution < -0.4 is 5.32 Å². The summed E-state index contributed by atoms with van der Waals surface area (Å²) in [4.78, 5) is 12.1. The number of alkyl halides is 6. The summed E-state index contributed by atoms with van der Waals surface area (Å²) in [5.74, 6) is -0.801. The van der Waals surface area contributed by atoms with E-state index in [-0.39, 0.29) is 11.6 Å². The quantitative estimate of drug-likeness (QED) is 0.428. The van der Waals surface area contributed by atoms with Crippen molar-refractivity contribution in [2.45, 2.75) is 19.3 Å². The first-order chi connectivity index (χ1) is 11.4. The second-order valence-corrected chi connectivity index (χ2v) is 6.37. The van der Waals surface area contributed by atoms with Gasteiger partial charge in [-0.05, 0) is 65.4 Å². The molecule has 0 aromatic heterocycles. The van der Waals surface area contributed by atoms with E-state index in [1.54, 1.807) is 13.0 Å². The smallest absolute Gasteiger partial charge is 0.322 e. The summed E-state index contributed by atoms with van der Waals surface area (Å²) < 4.78 is 77.6. The molecule has 0 aliphatic rings. The summed E-state index contributed by atoms with van der Waals surface area (Å²) in [5, 5.41) is 2.09. The van der Waals surface area contributed by atoms with Crippen molar-refractivity contribution in [1.82, 2.24) is 0 Å². The molecule has 9 heteroatoms. The predicted octanol–water partition coefficient (Wildman–Crippen LogP) is 5.89. The molecule has 0 aliphatic heterocycles. The number of hydrogen-bond acceptors (Lipinski definition) is 1. The second kappa shape index (κ2) is 6.85. The van der Waals surface area contributed by atoms with Crippen LogP contribution in [0.5, 0.6) is 0 Å². The highest BCUT2D eigenvalue weighted by molar-refractivity contribution is 14.1. The molecular formula is C16H10F6INO. The van der Waals surface area contributed by atoms with Gasteiger partial charge in [-0.25, -0.2) is 0 Å². The minimum Gasteiger partial charge on any atom is -0.322 e. The van der Waals surface area contributed by atoms with Crippen molar-refractivity contribution in [3.63, 3.8) is 0 Å². The van der Waals surface area contributed by atoms with Crippen LogP contribution in [0.2, 0.25) is 0 Å². The number of carbonyl (C=O) groups excluding carboxylic acids is 1. The van der Waals surface area contributed by atoms with Crippen LogP contribution in [0, 0.1) is 10.5 Å². The number of halogens is 7. The van der Waals surface area contributed by atoms with E-state index in [1.807, 2.05) is 22.6 Å². The third-order valence-corrected chi connectivity index (χ3v) is 4.44. The van der Waals surface area contributed by atoms with Crippen molar-refractivity contribution < 1.29 is 31.1 Å². The number of hydrogen-bond donors (Lipinski definition) is 1. The van der Waals surface area contributed by atoms with Gasteiger partial charge in [-0.1, -0.05) is 6.07 Å². The van der Waals surface area contributed by atoms with Gasteiger partial charge in [-0.15, -0.1) is 0 Å². The van der Waals surface area contributed by atoms with Gasteiger partial charge in [0.2, 0.25) is 0 Å². The lowest BCUT2D eigenvalue weighted by atomic mass is 10.1. The molecule has 0 aliphatic carbocycles. The average molecular weight is 473 g/mol. The Labute approximate surface area is 152 Å². The van der Waals surface area contributed by atoms with Crippen LogP contribution in [-0.4, -0.2) is 5.91 Å². The molecule has 2 nitrogen and oxygen atoms in total. The van der Waals surface area contributed by atoms with E-state index in [9.17, 15) is 31.1 Å². The molecule has 0 spiro atoms. The standard InChI is InChI=1S/C16H10F6INO/c1-8-2-3-9(4-13(8)23)14(25)24-12-6-10(15(17,18)19)5-11(7-12)16(20,21)22/h2-7H,1H3,(H,24,25). The van der Waals surface area contributed by atoms with Crippen LogP contribution in [0.15, 0.2) is 36.4 Å². The van der Waals surface area contributed by atoms with E-state index in [1.165, 1.54) is 12.1 Å². The fourth-order valence-corrected chi connectivity index (χ4v) is 2.48. The van der Waals surface area contributed by atoms with Crippen molar-refractivity contribution in [3.8, 4) is 0 Å². The molecule has 0 unspecified atom stereocenters. The normalized spacial score (nSPS) is 12.2. The van der Waals surface area contributed by atoms with Gasteiger partial charge >= 0.3 is 12.4 Å². The topological polar surface area (TPSA) is 29.1 Å². The lowest BCUT2D eigenvalue weighted by Crippen LogP contribution is -2.16. The van der Waals surface area contributed by atoms with E-state index in [0.29, 0.717) is 12.1 Å². The van der Waals surface area contributed by atoms with Crippen LogP contribution in [0.3, 0.4) is 0 Å². The fraction of sp³-hybridized carbons (Fsp3) is 0.188. The molecule has 134 valence electrons. The number of benzene rings is 2. The molecule has 0 atom stereocenters. The molecule has 0 saturated carbocycles. The monoisotopic (exact) mass is 473 g/mol. The third kappa shape index (κ3) is 4.86. The number of aryl methyl sites for hydroxylation is 1. The van der Waals surface area contributed by atoms with Crippen LogP contribution in [-0.2, 0) is 12.4 Å². The maximum atomic E-state index is 12.8. The number of nitrogens with one attached hydrogen (secondary N) is 1. The van der Waals surface area contributed by atoms with E-state index in [0.717, 1.165) is 9.13 Å². The zero-order chi connectivity index (χ0) is 19.0. The Balaban J connectivity index is 2.41. The SMILES string of the molecule is Cc1ccc(C(=O)Nc2cc(C(F)(F)F)cc(C(F)(F)F)c2)cc1I. The maximum Gasteiger partial charge on any atom is 0.416 e. The molecule has 2 aromatic carbocycles. The highest BCUT2D eigenvalue weighted by Crippen LogP contribution is 2.37. The number of anilines is 1. The van der Waals surface area contributed by atoms with Crippen LogP contribution >= 0.6 is 22.6 Å². The zero-order valence-electron chi connectivity index (χ0n) is 12.5. The van der Waals surface area contributed by atoms with Crippen molar-refractivity contribution in [2.24, 2.45) is 0 Å². The third-order valence-electron chi connectivity index (χ3n) is 3.28. The van der Waals surface area contributed by atoms with E-state index in [2.05, 4.69) is 5.32 Å². The summed E-state index contributed by atoms with van der Waals surface area (Å²) in [6.45, 7) is 1.80. The molecule has 0 saturated heterocycles. The molecule has 25 heavy (non-hydrogen) atoms. The van der Waals surface area contributed by atoms with Crippen LogP contribution in [0.25, 0.3) is 0 Å². The largest absolute Gasteiger partial charge is 0.416 e. The van der Waals surface area contributed by atoms with Crippen molar-refractivity contribution in [2.75, 3.05) is 5.32 Å². The molecule has 1 amide bonds. The van der Waals surface area contributed by atoms with E-state index < -0.39 is 35.1 Å². The molecule has 0 radical (unpaired) electrons. The van der Waals surface area contributed by atoms with Gasteiger partial charge in [0.25, 0.3) is 5.91 Å². The Bertz CT molecular complexity index is 781. The van der Waals surface area contributed by atoms with Gasteiger partial charge in [0.1, 0.15) is 0 Å². The molecule has 0 heterocycles. The van der Waals surface area contributed by atoms with Gasteiger partial charge in [0.05, 0.1) is 11.1 Å². The Morgan fingerprint density at radius 1 is 0.920 bits per heavy atom. The van der Waals surface area contributed by atoms with Crippen molar-refractivity contribution in [3.05, 3.63) is 62.2 Å². The lowest BCUT2D eigenvalue weighted by Gasteiger charge is -2.15. The zero-order valence-corrected chi connectivity index (χ0v) is 14.7. The van der Waals surface area contributed by atoms with E-state index in [4.69, 9.17) is 0 Å². The molecule has 0 fully saturated rings. The number of carbonyl (C=O) groups is 1. The Hall–Kier alpha value is -1.78. The molecule has 2 rings (SSSR count). The van der Waals surface area contributed by atoms with Gasteiger partial charge < -0.3 is 5.32 Å². The minimum atomic E-state index is -4.97. The summed E-state index contributed by atoms with van der Waals surface area (Å²) in [6.07, 6.45) is -9.94. The summed E-state index contributed by atoms with van der Waals surface area (Å²) in [7, 11) is 0. The summed E-state index contributed by atoms with van der Waals surface area (Å²) >= 11 is 1.97. The number of rotatable bonds is 2. The lowest BCUT2D eigenvalue weighted by molar-refractivity contribution is -0.143. The average Bonchev–Trinajstić information content (AvgIpc) is 2.48. The Kier molecular flexibility index (Phi) is 5.35. The van der Waals surface area contributed by atoms with Crippen LogP contribution in [0.4, 0.5) is 32.0 Å². The van der Waals surface area contributed by atoms with Gasteiger partial charge in [0.15, 0.2) is 0 Å². The Morgan fingerprint density at radius 2 is 1.44 bits per heavy atom. The van der Waals surface area contributed by atoms with Crippen LogP contribution in [0.1, 0.15) is 27.0 Å². The predicted molar refractivity (Wildman–Crippen MR) is 88.3 cm³/mol. The Morgan fingerprint density at radius 3 is 1.88 bits per heavy atom. The molecule has 0 bridgehead atoms. The highest BCUT2D eigenvalue weighted by atomic mass is 127. The minimum absolute atomic E-state index is 0.00444. The first kappa shape index (κ1) is 19.5. The summed E-state index contributed by atoms with van der Waals surface area (Å²) in [5.41, 5.74) is -2.55. The molecule has 1 N–H and O–H groups in total. The van der Waals surface area contributed by atoms with Crippen molar-refractivity contribution >= 4 is 34.2 Å². The van der Waals surface area contributed by atoms with Crippen molar-refractivity contribution in [1.29, 1.82) is 0 Å². The number of amides is 1. The first-order valence-corrected chi connectivity index (χ1v) is 7.83. The van der Waals surface area contributed by atoms with Gasteiger partial charge in [-0.2, -0.15) is 26.3 Å². The summed E-state index contributed by atoms with van der Waals surface area (Å²) in [6, 6.07) is 5.49. The maximum absolute atomic E-state index is 12.8. The van der Waals surface area contributed by atoms with Gasteiger partial charge in [0, 0.05) is 14.8 Å². The molecular weight excluding hydrogens is 463 g/mol. The van der Waals surface area contributed by atoms with Gasteiger partial charge in [-0.3, -0.25) is 4.79 Å². The molecule has 2 aromatic rings. The fourth-order valence-electron chi connectivity index (χ4n) is 1.96. The first-order valence-electron chi connectivity index (χ1n) is 6.75. The van der Waals surface area contributed by atoms with E-state index >= 15 is 0 Å². The second-order valence-electron chi connectivity index (χ2n) is 5.21. The highest BCUT2D eigenvalue weighted by Gasteiger charge is 2.37.